The highest BCUT2D eigenvalue weighted by Crippen LogP contribution is 2.21. The van der Waals surface area contributed by atoms with Crippen LogP contribution in [0.25, 0.3) is 10.9 Å². The number of fused-ring (bicyclic) bond motifs is 1. The fourth-order valence-electron chi connectivity index (χ4n) is 2.72. The van der Waals surface area contributed by atoms with Gasteiger partial charge in [0.2, 0.25) is 0 Å². The van der Waals surface area contributed by atoms with Gasteiger partial charge < -0.3 is 15.4 Å². The lowest BCUT2D eigenvalue weighted by atomic mass is 9.92. The van der Waals surface area contributed by atoms with E-state index in [1.807, 2.05) is 48.5 Å². The van der Waals surface area contributed by atoms with Crippen LogP contribution in [-0.4, -0.2) is 27.5 Å². The molecule has 0 unspecified atom stereocenters. The number of carboxylic acids is 1. The zero-order valence-electron chi connectivity index (χ0n) is 13.5. The predicted octanol–water partition coefficient (Wildman–Crippen LogP) is 3.75. The highest BCUT2D eigenvalue weighted by atomic mass is 79.9. The molecule has 0 saturated heterocycles. The molecule has 2 aromatic carbocycles. The number of carbonyl (C=O) groups excluding carboxylic acids is 1. The Morgan fingerprint density at radius 3 is 2.56 bits per heavy atom. The van der Waals surface area contributed by atoms with E-state index < -0.39 is 17.4 Å². The van der Waals surface area contributed by atoms with E-state index in [2.05, 4.69) is 26.2 Å². The Labute approximate surface area is 153 Å². The summed E-state index contributed by atoms with van der Waals surface area (Å²) in [7, 11) is 0. The minimum absolute atomic E-state index is 0.195. The second-order valence-electron chi connectivity index (χ2n) is 6.17. The van der Waals surface area contributed by atoms with Gasteiger partial charge in [0.15, 0.2) is 0 Å². The topological polar surface area (TPSA) is 82.2 Å². The average molecular weight is 401 g/mol. The third-order valence-corrected chi connectivity index (χ3v) is 4.58. The summed E-state index contributed by atoms with van der Waals surface area (Å²) in [6, 6.07) is 16.6. The van der Waals surface area contributed by atoms with E-state index in [0.717, 1.165) is 20.9 Å². The van der Waals surface area contributed by atoms with E-state index in [-0.39, 0.29) is 6.42 Å². The number of hydrogen-bond donors (Lipinski definition) is 3. The number of aromatic amines is 1. The van der Waals surface area contributed by atoms with Crippen LogP contribution in [0.2, 0.25) is 0 Å². The lowest BCUT2D eigenvalue weighted by Crippen LogP contribution is -2.53. The first kappa shape index (κ1) is 17.2. The Hall–Kier alpha value is -2.60. The first-order valence-corrected chi connectivity index (χ1v) is 8.55. The number of rotatable bonds is 5. The van der Waals surface area contributed by atoms with E-state index >= 15 is 0 Å². The number of carboxylic acid groups (broad SMARTS) is 1. The van der Waals surface area contributed by atoms with Gasteiger partial charge in [-0.3, -0.25) is 4.79 Å². The van der Waals surface area contributed by atoms with Crippen LogP contribution in [-0.2, 0) is 11.2 Å². The van der Waals surface area contributed by atoms with E-state index in [0.29, 0.717) is 5.69 Å². The molecule has 0 bridgehead atoms. The molecular weight excluding hydrogens is 384 g/mol. The molecule has 5 nitrogen and oxygen atoms in total. The Morgan fingerprint density at radius 2 is 1.88 bits per heavy atom. The van der Waals surface area contributed by atoms with Crippen molar-refractivity contribution >= 4 is 38.7 Å². The molecule has 3 N–H and O–H groups in total. The third kappa shape index (κ3) is 3.74. The molecule has 0 saturated carbocycles. The van der Waals surface area contributed by atoms with Crippen LogP contribution in [0.4, 0.5) is 0 Å². The Kier molecular flexibility index (Phi) is 4.63. The first-order chi connectivity index (χ1) is 11.9. The number of carbonyl (C=O) groups is 2. The first-order valence-electron chi connectivity index (χ1n) is 7.75. The Bertz CT molecular complexity index is 936. The van der Waals surface area contributed by atoms with Crippen molar-refractivity contribution in [3.63, 3.8) is 0 Å². The van der Waals surface area contributed by atoms with Crippen molar-refractivity contribution in [2.75, 3.05) is 0 Å². The molecule has 1 aromatic heterocycles. The van der Waals surface area contributed by atoms with Gasteiger partial charge in [-0.2, -0.15) is 0 Å². The zero-order valence-corrected chi connectivity index (χ0v) is 15.1. The second-order valence-corrected chi connectivity index (χ2v) is 7.08. The summed E-state index contributed by atoms with van der Waals surface area (Å²) in [5.74, 6) is -1.53. The maximum Gasteiger partial charge on any atom is 0.329 e. The lowest BCUT2D eigenvalue weighted by Gasteiger charge is -2.26. The molecule has 3 rings (SSSR count). The van der Waals surface area contributed by atoms with Gasteiger partial charge in [-0.05, 0) is 36.8 Å². The van der Waals surface area contributed by atoms with E-state index in [4.69, 9.17) is 0 Å². The minimum Gasteiger partial charge on any atom is -0.480 e. The van der Waals surface area contributed by atoms with Crippen molar-refractivity contribution in [2.24, 2.45) is 0 Å². The van der Waals surface area contributed by atoms with Crippen LogP contribution < -0.4 is 5.32 Å². The number of halogens is 1. The molecule has 1 heterocycles. The van der Waals surface area contributed by atoms with Gasteiger partial charge in [0.1, 0.15) is 11.2 Å². The SMILES string of the molecule is C[C@@](Cc1ccccc1)(NC(=O)c1cc2cc(Br)ccc2[nH]1)C(=O)O. The molecule has 128 valence electrons. The third-order valence-electron chi connectivity index (χ3n) is 4.09. The molecule has 0 radical (unpaired) electrons. The summed E-state index contributed by atoms with van der Waals surface area (Å²) >= 11 is 3.39. The van der Waals surface area contributed by atoms with Crippen LogP contribution in [0.5, 0.6) is 0 Å². The highest BCUT2D eigenvalue weighted by Gasteiger charge is 2.35. The van der Waals surface area contributed by atoms with Gasteiger partial charge >= 0.3 is 5.97 Å². The number of benzene rings is 2. The number of aliphatic carboxylic acids is 1. The van der Waals surface area contributed by atoms with Gasteiger partial charge in [0.05, 0.1) is 0 Å². The number of nitrogens with one attached hydrogen (secondary N) is 2. The smallest absolute Gasteiger partial charge is 0.329 e. The zero-order chi connectivity index (χ0) is 18.0. The molecule has 1 atom stereocenters. The molecule has 0 fully saturated rings. The highest BCUT2D eigenvalue weighted by molar-refractivity contribution is 9.10. The molecule has 0 aliphatic rings. The maximum absolute atomic E-state index is 12.6. The fraction of sp³-hybridized carbons (Fsp3) is 0.158. The summed E-state index contributed by atoms with van der Waals surface area (Å²) in [5, 5.41) is 13.2. The van der Waals surface area contributed by atoms with Crippen molar-refractivity contribution in [1.29, 1.82) is 0 Å². The molecule has 0 aliphatic heterocycles. The number of H-pyrrole nitrogens is 1. The number of aromatic nitrogens is 1. The predicted molar refractivity (Wildman–Crippen MR) is 99.7 cm³/mol. The molecule has 0 spiro atoms. The standard InChI is InChI=1S/C19H17BrN2O3/c1-19(18(24)25,11-12-5-3-2-4-6-12)22-17(23)16-10-13-9-14(20)7-8-15(13)21-16/h2-10,21H,11H2,1H3,(H,22,23)(H,24,25)/t19-/m0/s1. The van der Waals surface area contributed by atoms with Gasteiger partial charge in [0, 0.05) is 21.8 Å². The van der Waals surface area contributed by atoms with Gasteiger partial charge in [-0.25, -0.2) is 4.79 Å². The largest absolute Gasteiger partial charge is 0.480 e. The second kappa shape index (κ2) is 6.72. The monoisotopic (exact) mass is 400 g/mol. The summed E-state index contributed by atoms with van der Waals surface area (Å²) in [6.45, 7) is 1.51. The van der Waals surface area contributed by atoms with Crippen molar-refractivity contribution in [3.05, 3.63) is 70.3 Å². The van der Waals surface area contributed by atoms with Crippen molar-refractivity contribution in [3.8, 4) is 0 Å². The van der Waals surface area contributed by atoms with Crippen LogP contribution in [0, 0.1) is 0 Å². The van der Waals surface area contributed by atoms with Crippen molar-refractivity contribution in [1.82, 2.24) is 10.3 Å². The van der Waals surface area contributed by atoms with Gasteiger partial charge in [0.25, 0.3) is 5.91 Å². The van der Waals surface area contributed by atoms with E-state index in [1.54, 1.807) is 6.07 Å². The van der Waals surface area contributed by atoms with E-state index in [1.165, 1.54) is 6.92 Å². The lowest BCUT2D eigenvalue weighted by molar-refractivity contribution is -0.143. The summed E-state index contributed by atoms with van der Waals surface area (Å²) in [6.07, 6.45) is 0.195. The quantitative estimate of drug-likeness (QED) is 0.609. The molecular formula is C19H17BrN2O3. The molecule has 1 amide bonds. The maximum atomic E-state index is 12.6. The number of amides is 1. The average Bonchev–Trinajstić information content (AvgIpc) is 2.98. The fourth-order valence-corrected chi connectivity index (χ4v) is 3.10. The minimum atomic E-state index is -1.41. The van der Waals surface area contributed by atoms with Crippen molar-refractivity contribution < 1.29 is 14.7 Å². The van der Waals surface area contributed by atoms with Crippen LogP contribution in [0.1, 0.15) is 23.0 Å². The van der Waals surface area contributed by atoms with Crippen molar-refractivity contribution in [2.45, 2.75) is 18.9 Å². The van der Waals surface area contributed by atoms with Crippen LogP contribution in [0.3, 0.4) is 0 Å². The van der Waals surface area contributed by atoms with Gasteiger partial charge in [-0.1, -0.05) is 46.3 Å². The van der Waals surface area contributed by atoms with Crippen LogP contribution in [0.15, 0.2) is 59.1 Å². The normalized spacial score (nSPS) is 13.4. The van der Waals surface area contributed by atoms with Crippen LogP contribution >= 0.6 is 15.9 Å². The Balaban J connectivity index is 1.85. The molecule has 25 heavy (non-hydrogen) atoms. The summed E-state index contributed by atoms with van der Waals surface area (Å²) in [4.78, 5) is 27.4. The summed E-state index contributed by atoms with van der Waals surface area (Å²) in [5.41, 5.74) is 0.575. The van der Waals surface area contributed by atoms with Gasteiger partial charge in [-0.15, -0.1) is 0 Å². The molecule has 3 aromatic rings. The Morgan fingerprint density at radius 1 is 1.16 bits per heavy atom. The van der Waals surface area contributed by atoms with E-state index in [9.17, 15) is 14.7 Å². The summed E-state index contributed by atoms with van der Waals surface area (Å²) < 4.78 is 0.908. The molecule has 6 heteroatoms. The molecule has 0 aliphatic carbocycles. The number of hydrogen-bond acceptors (Lipinski definition) is 2.